The van der Waals surface area contributed by atoms with Crippen LogP contribution in [0.1, 0.15) is 123 Å². The van der Waals surface area contributed by atoms with Crippen LogP contribution in [-0.4, -0.2) is 3.92 Å². The van der Waals surface area contributed by atoms with E-state index in [-0.39, 0.29) is 0 Å². The largest absolute Gasteiger partial charge is 0.0826 e. The van der Waals surface area contributed by atoms with Crippen LogP contribution in [0.2, 0.25) is 0 Å². The lowest BCUT2D eigenvalue weighted by molar-refractivity contribution is 0.528. The Morgan fingerprint density at radius 3 is 1.19 bits per heavy atom. The number of hydrogen-bond donors (Lipinski definition) is 0. The maximum absolute atomic E-state index is 2.60. The van der Waals surface area contributed by atoms with Gasteiger partial charge in [0.05, 0.1) is 0 Å². The Morgan fingerprint density at radius 1 is 0.524 bits per heavy atom. The molecule has 0 aromatic heterocycles. The molecular weight excluding hydrogens is 367 g/mol. The van der Waals surface area contributed by atoms with Gasteiger partial charge in [0.15, 0.2) is 0 Å². The van der Waals surface area contributed by atoms with Crippen molar-refractivity contribution in [2.75, 3.05) is 0 Å². The van der Waals surface area contributed by atoms with Crippen molar-refractivity contribution in [2.45, 2.75) is 127 Å². The van der Waals surface area contributed by atoms with Gasteiger partial charge in [-0.15, -0.1) is 0 Å². The summed E-state index contributed by atoms with van der Waals surface area (Å²) in [6.07, 6.45) is 24.8. The zero-order chi connectivity index (χ0) is 15.6. The molecule has 0 heterocycles. The highest BCUT2D eigenvalue weighted by atomic mass is 127. The highest BCUT2D eigenvalue weighted by Crippen LogP contribution is 2.17. The fraction of sp³-hybridized carbons (Fsp3) is 1.00. The molecule has 1 atom stereocenters. The molecule has 0 saturated heterocycles. The van der Waals surface area contributed by atoms with E-state index in [9.17, 15) is 0 Å². The summed E-state index contributed by atoms with van der Waals surface area (Å²) in [6.45, 7) is 4.60. The minimum Gasteiger partial charge on any atom is -0.0826 e. The summed E-state index contributed by atoms with van der Waals surface area (Å²) in [7, 11) is 0. The Labute approximate surface area is 149 Å². The second-order valence-electron chi connectivity index (χ2n) is 6.74. The summed E-state index contributed by atoms with van der Waals surface area (Å²) >= 11 is 2.60. The van der Waals surface area contributed by atoms with Crippen molar-refractivity contribution >= 4 is 22.6 Å². The first kappa shape index (κ1) is 21.7. The summed E-state index contributed by atoms with van der Waals surface area (Å²) in [5, 5.41) is 0. The Morgan fingerprint density at radius 2 is 0.857 bits per heavy atom. The second kappa shape index (κ2) is 18.8. The summed E-state index contributed by atoms with van der Waals surface area (Å²) in [6, 6.07) is 0. The first-order chi connectivity index (χ1) is 10.3. The minimum absolute atomic E-state index is 0.921. The second-order valence-corrected chi connectivity index (χ2v) is 8.51. The van der Waals surface area contributed by atoms with Crippen molar-refractivity contribution in [3.8, 4) is 0 Å². The average Bonchev–Trinajstić information content (AvgIpc) is 2.50. The molecule has 0 aliphatic carbocycles. The van der Waals surface area contributed by atoms with Gasteiger partial charge in [-0.25, -0.2) is 0 Å². The molecule has 0 fully saturated rings. The molecule has 0 saturated carbocycles. The maximum atomic E-state index is 2.60. The Kier molecular flexibility index (Phi) is 19.4. The van der Waals surface area contributed by atoms with Crippen molar-refractivity contribution in [3.05, 3.63) is 0 Å². The zero-order valence-corrected chi connectivity index (χ0v) is 17.1. The third kappa shape index (κ3) is 18.7. The molecule has 0 spiro atoms. The van der Waals surface area contributed by atoms with Gasteiger partial charge in [-0.3, -0.25) is 0 Å². The van der Waals surface area contributed by atoms with Gasteiger partial charge in [-0.05, 0) is 12.8 Å². The van der Waals surface area contributed by atoms with Crippen molar-refractivity contribution in [3.63, 3.8) is 0 Å². The van der Waals surface area contributed by atoms with Gasteiger partial charge < -0.3 is 0 Å². The van der Waals surface area contributed by atoms with Gasteiger partial charge in [-0.1, -0.05) is 133 Å². The quantitative estimate of drug-likeness (QED) is 0.129. The monoisotopic (exact) mass is 408 g/mol. The number of hydrogen-bond acceptors (Lipinski definition) is 0. The molecule has 0 amide bonds. The predicted octanol–water partition coefficient (Wildman–Crippen LogP) is 8.46. The van der Waals surface area contributed by atoms with Gasteiger partial charge in [0.1, 0.15) is 0 Å². The normalized spacial score (nSPS) is 12.7. The minimum atomic E-state index is 0.921. The van der Waals surface area contributed by atoms with Crippen LogP contribution in [0.25, 0.3) is 0 Å². The molecule has 0 aliphatic heterocycles. The Hall–Kier alpha value is 0.730. The van der Waals surface area contributed by atoms with E-state index in [0.29, 0.717) is 0 Å². The smallest absolute Gasteiger partial charge is 0.0107 e. The summed E-state index contributed by atoms with van der Waals surface area (Å²) in [5.41, 5.74) is 0. The van der Waals surface area contributed by atoms with Gasteiger partial charge in [0.25, 0.3) is 0 Å². The van der Waals surface area contributed by atoms with Gasteiger partial charge >= 0.3 is 0 Å². The molecule has 1 unspecified atom stereocenters. The first-order valence-electron chi connectivity index (χ1n) is 9.95. The molecule has 0 rings (SSSR count). The highest BCUT2D eigenvalue weighted by molar-refractivity contribution is 14.1. The maximum Gasteiger partial charge on any atom is 0.0107 e. The molecular formula is C20H41I. The molecule has 0 aliphatic rings. The summed E-state index contributed by atoms with van der Waals surface area (Å²) in [4.78, 5) is 0. The van der Waals surface area contributed by atoms with Crippen LogP contribution in [0, 0.1) is 0 Å². The molecule has 1 heteroatoms. The number of alkyl halides is 1. The van der Waals surface area contributed by atoms with E-state index >= 15 is 0 Å². The van der Waals surface area contributed by atoms with E-state index in [1.54, 1.807) is 0 Å². The van der Waals surface area contributed by atoms with Crippen LogP contribution in [-0.2, 0) is 0 Å². The summed E-state index contributed by atoms with van der Waals surface area (Å²) < 4.78 is 0.921. The van der Waals surface area contributed by atoms with Crippen molar-refractivity contribution < 1.29 is 0 Å². The molecule has 0 radical (unpaired) electrons. The van der Waals surface area contributed by atoms with E-state index < -0.39 is 0 Å². The van der Waals surface area contributed by atoms with Crippen LogP contribution >= 0.6 is 22.6 Å². The van der Waals surface area contributed by atoms with E-state index in [1.165, 1.54) is 109 Å². The Balaban J connectivity index is 2.96. The summed E-state index contributed by atoms with van der Waals surface area (Å²) in [5.74, 6) is 0. The number of unbranched alkanes of at least 4 members (excludes halogenated alkanes) is 14. The predicted molar refractivity (Wildman–Crippen MR) is 108 cm³/mol. The van der Waals surface area contributed by atoms with Crippen molar-refractivity contribution in [2.24, 2.45) is 0 Å². The highest BCUT2D eigenvalue weighted by Gasteiger charge is 1.99. The molecule has 0 nitrogen and oxygen atoms in total. The molecule has 21 heavy (non-hydrogen) atoms. The van der Waals surface area contributed by atoms with Gasteiger partial charge in [-0.2, -0.15) is 0 Å². The van der Waals surface area contributed by atoms with E-state index in [2.05, 4.69) is 36.4 Å². The molecule has 0 bridgehead atoms. The lowest BCUT2D eigenvalue weighted by Gasteiger charge is -2.06. The van der Waals surface area contributed by atoms with Crippen LogP contribution in [0.5, 0.6) is 0 Å². The van der Waals surface area contributed by atoms with E-state index in [1.807, 2.05) is 0 Å². The third-order valence-corrected chi connectivity index (χ3v) is 6.07. The lowest BCUT2D eigenvalue weighted by atomic mass is 10.0. The fourth-order valence-electron chi connectivity index (χ4n) is 2.94. The Bertz CT molecular complexity index is 179. The SMILES string of the molecule is CCCCCCCCCCCCCCCCCC(I)CC. The van der Waals surface area contributed by atoms with E-state index in [0.717, 1.165) is 3.92 Å². The van der Waals surface area contributed by atoms with Crippen molar-refractivity contribution in [1.82, 2.24) is 0 Å². The average molecular weight is 408 g/mol. The van der Waals surface area contributed by atoms with Crippen molar-refractivity contribution in [1.29, 1.82) is 0 Å². The standard InChI is InChI=1S/C20H41I/c1-3-5-6-7-8-9-10-11-12-13-14-15-16-17-18-19-20(21)4-2/h20H,3-19H2,1-2H3. The fourth-order valence-corrected chi connectivity index (χ4v) is 3.38. The molecule has 0 aromatic carbocycles. The third-order valence-electron chi connectivity index (χ3n) is 4.56. The molecule has 128 valence electrons. The van der Waals surface area contributed by atoms with Crippen LogP contribution in [0.3, 0.4) is 0 Å². The molecule has 0 aromatic rings. The topological polar surface area (TPSA) is 0 Å². The van der Waals surface area contributed by atoms with Gasteiger partial charge in [0, 0.05) is 3.92 Å². The lowest BCUT2D eigenvalue weighted by Crippen LogP contribution is -1.94. The number of rotatable bonds is 17. The van der Waals surface area contributed by atoms with Crippen LogP contribution in [0.4, 0.5) is 0 Å². The van der Waals surface area contributed by atoms with E-state index in [4.69, 9.17) is 0 Å². The zero-order valence-electron chi connectivity index (χ0n) is 15.0. The van der Waals surface area contributed by atoms with Gasteiger partial charge in [0.2, 0.25) is 0 Å². The molecule has 0 N–H and O–H groups in total. The number of halogens is 1. The first-order valence-corrected chi connectivity index (χ1v) is 11.2. The van der Waals surface area contributed by atoms with Crippen LogP contribution < -0.4 is 0 Å². The van der Waals surface area contributed by atoms with Crippen LogP contribution in [0.15, 0.2) is 0 Å².